The number of hydrogen-bond donors (Lipinski definition) is 1. The number of fused-ring (bicyclic) bond motifs is 5. The Labute approximate surface area is 120 Å². The smallest absolute Gasteiger partial charge is 0.0509 e. The standard InChI is InChI=1S/C17H14BrN/c1-17(2)13-6-4-3-5-11(13)16-15(17)12-9-10(18)7-8-14(12)19-16/h3-9,19H,1-2H3. The van der Waals surface area contributed by atoms with Gasteiger partial charge in [-0.2, -0.15) is 0 Å². The quantitative estimate of drug-likeness (QED) is 0.584. The van der Waals surface area contributed by atoms with Crippen molar-refractivity contribution in [3.63, 3.8) is 0 Å². The van der Waals surface area contributed by atoms with E-state index in [0.717, 1.165) is 4.47 Å². The lowest BCUT2D eigenvalue weighted by Crippen LogP contribution is -2.14. The van der Waals surface area contributed by atoms with Crippen molar-refractivity contribution in [3.05, 3.63) is 58.1 Å². The maximum Gasteiger partial charge on any atom is 0.0509 e. The van der Waals surface area contributed by atoms with E-state index < -0.39 is 0 Å². The number of benzene rings is 2. The Morgan fingerprint density at radius 2 is 1.84 bits per heavy atom. The Morgan fingerprint density at radius 1 is 1.05 bits per heavy atom. The average Bonchev–Trinajstić information content (AvgIpc) is 2.86. The van der Waals surface area contributed by atoms with Gasteiger partial charge >= 0.3 is 0 Å². The SMILES string of the molecule is CC1(C)c2ccccc2-c2[nH]c3ccc(Br)cc3c21. The number of aromatic nitrogens is 1. The minimum absolute atomic E-state index is 0.0605. The number of halogens is 1. The molecule has 94 valence electrons. The van der Waals surface area contributed by atoms with E-state index >= 15 is 0 Å². The second-order valence-corrected chi connectivity index (χ2v) is 6.65. The van der Waals surface area contributed by atoms with Gasteiger partial charge in [-0.15, -0.1) is 0 Å². The molecule has 19 heavy (non-hydrogen) atoms. The van der Waals surface area contributed by atoms with E-state index in [1.807, 2.05) is 0 Å². The van der Waals surface area contributed by atoms with Gasteiger partial charge in [0.2, 0.25) is 0 Å². The largest absolute Gasteiger partial charge is 0.354 e. The van der Waals surface area contributed by atoms with Crippen molar-refractivity contribution in [1.82, 2.24) is 4.98 Å². The lowest BCUT2D eigenvalue weighted by atomic mass is 9.81. The molecule has 1 heterocycles. The molecule has 0 fully saturated rings. The fourth-order valence-corrected chi connectivity index (χ4v) is 3.76. The molecule has 0 saturated carbocycles. The van der Waals surface area contributed by atoms with Gasteiger partial charge in [0, 0.05) is 26.4 Å². The second-order valence-electron chi connectivity index (χ2n) is 5.74. The van der Waals surface area contributed by atoms with Gasteiger partial charge in [-0.05, 0) is 29.3 Å². The molecule has 0 amide bonds. The molecular formula is C17H14BrN. The van der Waals surface area contributed by atoms with Crippen molar-refractivity contribution in [3.8, 4) is 11.3 Å². The Bertz CT molecular complexity index is 811. The van der Waals surface area contributed by atoms with Gasteiger partial charge in [-0.3, -0.25) is 0 Å². The third-order valence-electron chi connectivity index (χ3n) is 4.26. The molecule has 3 aromatic rings. The molecule has 0 saturated heterocycles. The topological polar surface area (TPSA) is 15.8 Å². The summed E-state index contributed by atoms with van der Waals surface area (Å²) in [5.41, 5.74) is 6.74. The Balaban J connectivity index is 2.18. The number of rotatable bonds is 0. The maximum atomic E-state index is 3.59. The number of aromatic amines is 1. The first-order chi connectivity index (χ1) is 9.09. The van der Waals surface area contributed by atoms with Crippen molar-refractivity contribution in [1.29, 1.82) is 0 Å². The van der Waals surface area contributed by atoms with Crippen molar-refractivity contribution in [2.24, 2.45) is 0 Å². The van der Waals surface area contributed by atoms with E-state index in [0.29, 0.717) is 0 Å². The van der Waals surface area contributed by atoms with Gasteiger partial charge in [0.1, 0.15) is 0 Å². The lowest BCUT2D eigenvalue weighted by Gasteiger charge is -2.21. The fourth-order valence-electron chi connectivity index (χ4n) is 3.40. The van der Waals surface area contributed by atoms with Gasteiger partial charge in [0.25, 0.3) is 0 Å². The summed E-state index contributed by atoms with van der Waals surface area (Å²) >= 11 is 3.58. The predicted molar refractivity (Wildman–Crippen MR) is 83.6 cm³/mol. The first kappa shape index (κ1) is 11.3. The highest BCUT2D eigenvalue weighted by molar-refractivity contribution is 9.10. The van der Waals surface area contributed by atoms with E-state index in [1.165, 1.54) is 33.3 Å². The zero-order chi connectivity index (χ0) is 13.2. The summed E-state index contributed by atoms with van der Waals surface area (Å²) in [5, 5.41) is 1.32. The third-order valence-corrected chi connectivity index (χ3v) is 4.75. The molecule has 1 nitrogen and oxygen atoms in total. The average molecular weight is 312 g/mol. The first-order valence-electron chi connectivity index (χ1n) is 6.50. The van der Waals surface area contributed by atoms with E-state index in [1.54, 1.807) is 0 Å². The molecule has 1 N–H and O–H groups in total. The van der Waals surface area contributed by atoms with Crippen molar-refractivity contribution >= 4 is 26.8 Å². The Kier molecular flexibility index (Phi) is 2.09. The van der Waals surface area contributed by atoms with Crippen LogP contribution in [0.15, 0.2) is 46.9 Å². The molecule has 2 heteroatoms. The van der Waals surface area contributed by atoms with Gasteiger partial charge < -0.3 is 4.98 Å². The molecule has 1 aromatic heterocycles. The fraction of sp³-hybridized carbons (Fsp3) is 0.176. The number of hydrogen-bond acceptors (Lipinski definition) is 0. The normalized spacial score (nSPS) is 15.5. The summed E-state index contributed by atoms with van der Waals surface area (Å²) in [4.78, 5) is 3.59. The summed E-state index contributed by atoms with van der Waals surface area (Å²) < 4.78 is 1.13. The van der Waals surface area contributed by atoms with Crippen LogP contribution in [0.1, 0.15) is 25.0 Å². The van der Waals surface area contributed by atoms with E-state index in [4.69, 9.17) is 0 Å². The minimum atomic E-state index is 0.0605. The molecule has 0 spiro atoms. The molecule has 0 unspecified atom stereocenters. The van der Waals surface area contributed by atoms with E-state index in [-0.39, 0.29) is 5.41 Å². The van der Waals surface area contributed by atoms with Crippen LogP contribution in [0.25, 0.3) is 22.2 Å². The molecule has 0 radical (unpaired) electrons. The predicted octanol–water partition coefficient (Wildman–Crippen LogP) is 5.24. The number of nitrogens with one attached hydrogen (secondary N) is 1. The summed E-state index contributed by atoms with van der Waals surface area (Å²) in [6.07, 6.45) is 0. The van der Waals surface area contributed by atoms with Crippen LogP contribution in [0.5, 0.6) is 0 Å². The van der Waals surface area contributed by atoms with Crippen LogP contribution in [-0.2, 0) is 5.41 Å². The summed E-state index contributed by atoms with van der Waals surface area (Å²) in [6, 6.07) is 15.2. The van der Waals surface area contributed by atoms with Gasteiger partial charge in [-0.25, -0.2) is 0 Å². The van der Waals surface area contributed by atoms with E-state index in [9.17, 15) is 0 Å². The molecule has 2 aromatic carbocycles. The van der Waals surface area contributed by atoms with Crippen molar-refractivity contribution < 1.29 is 0 Å². The van der Waals surface area contributed by atoms with Crippen LogP contribution in [0.4, 0.5) is 0 Å². The zero-order valence-corrected chi connectivity index (χ0v) is 12.5. The molecule has 1 aliphatic rings. The first-order valence-corrected chi connectivity index (χ1v) is 7.30. The third kappa shape index (κ3) is 1.35. The Hall–Kier alpha value is -1.54. The highest BCUT2D eigenvalue weighted by Crippen LogP contribution is 2.51. The van der Waals surface area contributed by atoms with Gasteiger partial charge in [-0.1, -0.05) is 54.0 Å². The van der Waals surface area contributed by atoms with Crippen molar-refractivity contribution in [2.45, 2.75) is 19.3 Å². The maximum absolute atomic E-state index is 3.59. The van der Waals surface area contributed by atoms with Crippen molar-refractivity contribution in [2.75, 3.05) is 0 Å². The summed E-state index contributed by atoms with van der Waals surface area (Å²) in [6.45, 7) is 4.62. The second kappa shape index (κ2) is 3.51. The highest BCUT2D eigenvalue weighted by Gasteiger charge is 2.38. The molecule has 4 rings (SSSR count). The highest BCUT2D eigenvalue weighted by atomic mass is 79.9. The Morgan fingerprint density at radius 3 is 2.68 bits per heavy atom. The molecule has 0 aliphatic heterocycles. The summed E-state index contributed by atoms with van der Waals surface area (Å²) in [5.74, 6) is 0. The minimum Gasteiger partial charge on any atom is -0.354 e. The van der Waals surface area contributed by atoms with Crippen LogP contribution < -0.4 is 0 Å². The van der Waals surface area contributed by atoms with Crippen LogP contribution >= 0.6 is 15.9 Å². The van der Waals surface area contributed by atoms with E-state index in [2.05, 4.69) is 77.2 Å². The van der Waals surface area contributed by atoms with Crippen LogP contribution in [-0.4, -0.2) is 4.98 Å². The van der Waals surface area contributed by atoms with Gasteiger partial charge in [0.15, 0.2) is 0 Å². The number of H-pyrrole nitrogens is 1. The summed E-state index contributed by atoms with van der Waals surface area (Å²) in [7, 11) is 0. The molecule has 0 bridgehead atoms. The lowest BCUT2D eigenvalue weighted by molar-refractivity contribution is 0.666. The van der Waals surface area contributed by atoms with Crippen LogP contribution in [0, 0.1) is 0 Å². The molecular weight excluding hydrogens is 298 g/mol. The van der Waals surface area contributed by atoms with Crippen LogP contribution in [0.3, 0.4) is 0 Å². The van der Waals surface area contributed by atoms with Crippen LogP contribution in [0.2, 0.25) is 0 Å². The molecule has 0 atom stereocenters. The molecule has 1 aliphatic carbocycles. The zero-order valence-electron chi connectivity index (χ0n) is 10.9. The van der Waals surface area contributed by atoms with Gasteiger partial charge in [0.05, 0.1) is 5.69 Å². The monoisotopic (exact) mass is 311 g/mol.